The molecule has 0 unspecified atom stereocenters. The van der Waals surface area contributed by atoms with Gasteiger partial charge in [0.25, 0.3) is 5.56 Å². The number of carbonyl (C=O) groups is 2. The Kier molecular flexibility index (Phi) is 5.36. The fraction of sp³-hybridized carbons (Fsp3) is 0.407. The summed E-state index contributed by atoms with van der Waals surface area (Å²) < 4.78 is 12.5. The summed E-state index contributed by atoms with van der Waals surface area (Å²) in [5, 5.41) is 11.9. The van der Waals surface area contributed by atoms with Gasteiger partial charge in [0.1, 0.15) is 12.4 Å². The van der Waals surface area contributed by atoms with E-state index in [1.165, 1.54) is 0 Å². The molecule has 192 valence electrons. The molecule has 10 heteroatoms. The molecule has 0 bridgehead atoms. The largest absolute Gasteiger partial charge is 0.458 e. The zero-order chi connectivity index (χ0) is 26.1. The summed E-state index contributed by atoms with van der Waals surface area (Å²) >= 11 is 0. The van der Waals surface area contributed by atoms with Crippen molar-refractivity contribution in [3.63, 3.8) is 0 Å². The smallest absolute Gasteiger partial charge is 0.415 e. The maximum atomic E-state index is 13.4. The first-order chi connectivity index (χ1) is 17.7. The molecule has 1 amide bonds. The van der Waals surface area contributed by atoms with Crippen LogP contribution in [0.5, 0.6) is 5.75 Å². The van der Waals surface area contributed by atoms with Crippen LogP contribution in [0.3, 0.4) is 0 Å². The van der Waals surface area contributed by atoms with Gasteiger partial charge in [0.15, 0.2) is 5.60 Å². The maximum Gasteiger partial charge on any atom is 0.415 e. The molecule has 3 aromatic rings. The minimum atomic E-state index is -1.86. The minimum absolute atomic E-state index is 0.0918. The number of pyridine rings is 2. The van der Waals surface area contributed by atoms with Crippen LogP contribution in [0, 0.1) is 6.92 Å². The zero-order valence-corrected chi connectivity index (χ0v) is 21.0. The van der Waals surface area contributed by atoms with E-state index in [1.807, 2.05) is 20.0 Å². The van der Waals surface area contributed by atoms with Crippen molar-refractivity contribution < 1.29 is 24.2 Å². The number of likely N-dealkylation sites (N-methyl/N-ethyl adjacent to an activating group) is 1. The van der Waals surface area contributed by atoms with Gasteiger partial charge in [0.05, 0.1) is 29.0 Å². The lowest BCUT2D eigenvalue weighted by molar-refractivity contribution is -0.172. The molecule has 2 aromatic heterocycles. The summed E-state index contributed by atoms with van der Waals surface area (Å²) in [6.45, 7) is 6.57. The molecule has 1 N–H and O–H groups in total. The molecule has 0 aliphatic carbocycles. The van der Waals surface area contributed by atoms with E-state index in [9.17, 15) is 19.5 Å². The lowest BCUT2D eigenvalue weighted by Gasteiger charge is -2.31. The number of hydrogen-bond acceptors (Lipinski definition) is 8. The Morgan fingerprint density at radius 3 is 2.68 bits per heavy atom. The highest BCUT2D eigenvalue weighted by Gasteiger charge is 2.45. The van der Waals surface area contributed by atoms with Crippen molar-refractivity contribution in [1.29, 1.82) is 0 Å². The van der Waals surface area contributed by atoms with Crippen LogP contribution >= 0.6 is 0 Å². The van der Waals surface area contributed by atoms with Crippen LogP contribution in [0.2, 0.25) is 0 Å². The van der Waals surface area contributed by atoms with Crippen molar-refractivity contribution in [2.24, 2.45) is 0 Å². The van der Waals surface area contributed by atoms with E-state index in [-0.39, 0.29) is 24.7 Å². The molecule has 3 aliphatic rings. The van der Waals surface area contributed by atoms with E-state index >= 15 is 0 Å². The number of rotatable bonds is 2. The third kappa shape index (κ3) is 3.54. The lowest BCUT2D eigenvalue weighted by Crippen LogP contribution is -2.48. The molecule has 10 nitrogen and oxygen atoms in total. The quantitative estimate of drug-likeness (QED) is 0.413. The van der Waals surface area contributed by atoms with Crippen LogP contribution in [0.15, 0.2) is 29.1 Å². The molecule has 1 fully saturated rings. The first-order valence-corrected chi connectivity index (χ1v) is 12.5. The summed E-state index contributed by atoms with van der Waals surface area (Å²) in [6, 6.07) is 7.21. The van der Waals surface area contributed by atoms with Crippen molar-refractivity contribution in [1.82, 2.24) is 19.4 Å². The lowest BCUT2D eigenvalue weighted by atomic mass is 9.86. The number of aromatic nitrogens is 2. The Balaban J connectivity index is 1.38. The fourth-order valence-electron chi connectivity index (χ4n) is 5.43. The van der Waals surface area contributed by atoms with Gasteiger partial charge >= 0.3 is 12.1 Å². The molecular weight excluding hydrogens is 476 g/mol. The Bertz CT molecular complexity index is 1540. The minimum Gasteiger partial charge on any atom is -0.458 e. The van der Waals surface area contributed by atoms with Crippen LogP contribution in [0.1, 0.15) is 35.6 Å². The first-order valence-electron chi connectivity index (χ1n) is 12.5. The normalized spacial score (nSPS) is 20.9. The first kappa shape index (κ1) is 23.6. The number of carbonyl (C=O) groups excluding carboxylic acids is 2. The number of benzene rings is 1. The van der Waals surface area contributed by atoms with E-state index in [0.717, 1.165) is 29.6 Å². The molecule has 5 heterocycles. The monoisotopic (exact) mass is 504 g/mol. The molecule has 0 spiro atoms. The third-order valence-corrected chi connectivity index (χ3v) is 7.87. The van der Waals surface area contributed by atoms with Crippen molar-refractivity contribution in [3.05, 3.63) is 56.9 Å². The van der Waals surface area contributed by atoms with Crippen molar-refractivity contribution in [3.8, 4) is 17.1 Å². The molecule has 1 atom stereocenters. The average Bonchev–Trinajstić information content (AvgIpc) is 3.25. The van der Waals surface area contributed by atoms with Crippen molar-refractivity contribution >= 4 is 23.0 Å². The van der Waals surface area contributed by atoms with Gasteiger partial charge in [-0.25, -0.2) is 14.6 Å². The Labute approximate surface area is 213 Å². The second-order valence-corrected chi connectivity index (χ2v) is 10.0. The summed E-state index contributed by atoms with van der Waals surface area (Å²) in [5.41, 5.74) is 1.94. The fourth-order valence-corrected chi connectivity index (χ4v) is 5.43. The molecule has 0 saturated carbocycles. The van der Waals surface area contributed by atoms with Gasteiger partial charge in [-0.2, -0.15) is 0 Å². The number of hydrogen-bond donors (Lipinski definition) is 1. The van der Waals surface area contributed by atoms with Gasteiger partial charge in [-0.1, -0.05) is 6.92 Å². The Morgan fingerprint density at radius 1 is 1.19 bits per heavy atom. The molecule has 1 saturated heterocycles. The standard InChI is InChI=1S/C27H28N4O6/c1-4-27(35)19-12-21-23-16(13-31(21)24(32)18(19)14-36-25(27)33)11-17-15(2)22(6-5-20(17)28-23)37-26(34)30-9-7-29(3)8-10-30/h5-6,11-12,35H,4,7-10,13-14H2,1-3H3/t27-/m0/s1. The Hall–Kier alpha value is -3.76. The number of ether oxygens (including phenoxy) is 2. The van der Waals surface area contributed by atoms with Crippen LogP contribution < -0.4 is 10.3 Å². The van der Waals surface area contributed by atoms with Crippen LogP contribution in [-0.4, -0.2) is 69.7 Å². The molecule has 3 aliphatic heterocycles. The molecule has 37 heavy (non-hydrogen) atoms. The van der Waals surface area contributed by atoms with E-state index < -0.39 is 11.6 Å². The van der Waals surface area contributed by atoms with Crippen molar-refractivity contribution in [2.45, 2.75) is 39.0 Å². The van der Waals surface area contributed by atoms with E-state index in [2.05, 4.69) is 4.90 Å². The molecular formula is C27H28N4O6. The second-order valence-electron chi connectivity index (χ2n) is 10.0. The Morgan fingerprint density at radius 2 is 1.95 bits per heavy atom. The number of nitrogens with zero attached hydrogens (tertiary/aromatic N) is 4. The summed E-state index contributed by atoms with van der Waals surface area (Å²) in [4.78, 5) is 47.2. The highest BCUT2D eigenvalue weighted by molar-refractivity contribution is 5.90. The van der Waals surface area contributed by atoms with Crippen LogP contribution in [-0.2, 0) is 28.3 Å². The van der Waals surface area contributed by atoms with Gasteiger partial charge in [0, 0.05) is 48.3 Å². The number of piperazine rings is 1. The second kappa shape index (κ2) is 8.39. The number of amides is 1. The topological polar surface area (TPSA) is 114 Å². The van der Waals surface area contributed by atoms with Gasteiger partial charge in [0.2, 0.25) is 0 Å². The zero-order valence-electron chi connectivity index (χ0n) is 21.0. The van der Waals surface area contributed by atoms with Crippen molar-refractivity contribution in [2.75, 3.05) is 33.2 Å². The number of esters is 1. The summed E-state index contributed by atoms with van der Waals surface area (Å²) in [5.74, 6) is -0.268. The van der Waals surface area contributed by atoms with Gasteiger partial charge in [-0.15, -0.1) is 0 Å². The van der Waals surface area contributed by atoms with Gasteiger partial charge in [-0.05, 0) is 44.7 Å². The molecule has 0 radical (unpaired) electrons. The average molecular weight is 505 g/mol. The number of aryl methyl sites for hydroxylation is 1. The van der Waals surface area contributed by atoms with Gasteiger partial charge < -0.3 is 28.9 Å². The van der Waals surface area contributed by atoms with Crippen LogP contribution in [0.25, 0.3) is 22.3 Å². The predicted molar refractivity (Wildman–Crippen MR) is 134 cm³/mol. The molecule has 6 rings (SSSR count). The summed E-state index contributed by atoms with van der Waals surface area (Å²) in [6.07, 6.45) is -0.274. The molecule has 1 aromatic carbocycles. The highest BCUT2D eigenvalue weighted by Crippen LogP contribution is 2.39. The number of cyclic esters (lactones) is 1. The number of fused-ring (bicyclic) bond motifs is 5. The highest BCUT2D eigenvalue weighted by atomic mass is 16.6. The van der Waals surface area contributed by atoms with Crippen LogP contribution in [0.4, 0.5) is 4.79 Å². The van der Waals surface area contributed by atoms with E-state index in [0.29, 0.717) is 53.4 Å². The van der Waals surface area contributed by atoms with Gasteiger partial charge in [-0.3, -0.25) is 4.79 Å². The summed E-state index contributed by atoms with van der Waals surface area (Å²) in [7, 11) is 2.03. The maximum absolute atomic E-state index is 13.4. The SMILES string of the molecule is CC[C@@]1(O)C(=O)OCc2c1cc1n(c2=O)Cc2cc3c(C)c(OC(=O)N4CCN(C)CC4)ccc3nc2-1. The third-order valence-electron chi connectivity index (χ3n) is 7.87. The number of aliphatic hydroxyl groups is 1. The van der Waals surface area contributed by atoms with E-state index in [4.69, 9.17) is 14.5 Å². The predicted octanol–water partition coefficient (Wildman–Crippen LogP) is 2.13. The van der Waals surface area contributed by atoms with E-state index in [1.54, 1.807) is 34.6 Å².